The van der Waals surface area contributed by atoms with Crippen LogP contribution < -0.4 is 0 Å². The third-order valence-electron chi connectivity index (χ3n) is 3.31. The Bertz CT molecular complexity index is 631. The van der Waals surface area contributed by atoms with Gasteiger partial charge in [0.2, 0.25) is 0 Å². The molecule has 1 aliphatic rings. The van der Waals surface area contributed by atoms with E-state index in [0.717, 1.165) is 11.1 Å². The predicted octanol–water partition coefficient (Wildman–Crippen LogP) is 3.74. The first-order valence-electron chi connectivity index (χ1n) is 5.97. The lowest BCUT2D eigenvalue weighted by atomic mass is 10.1. The van der Waals surface area contributed by atoms with Crippen molar-refractivity contribution < 1.29 is 9.18 Å². The third-order valence-corrected chi connectivity index (χ3v) is 4.12. The van der Waals surface area contributed by atoms with Crippen LogP contribution in [0.25, 0.3) is 0 Å². The molecule has 0 spiro atoms. The summed E-state index contributed by atoms with van der Waals surface area (Å²) < 4.78 is 13.7. The van der Waals surface area contributed by atoms with Gasteiger partial charge in [-0.1, -0.05) is 30.3 Å². The number of carbonyl (C=O) groups is 1. The van der Waals surface area contributed by atoms with Crippen LogP contribution in [-0.2, 0) is 13.1 Å². The van der Waals surface area contributed by atoms with E-state index in [1.807, 2.05) is 24.3 Å². The Morgan fingerprint density at radius 2 is 1.68 bits per heavy atom. The summed E-state index contributed by atoms with van der Waals surface area (Å²) in [5, 5.41) is 0. The molecule has 1 amide bonds. The minimum atomic E-state index is -0.414. The van der Waals surface area contributed by atoms with Gasteiger partial charge in [0.25, 0.3) is 5.91 Å². The van der Waals surface area contributed by atoms with Crippen molar-refractivity contribution in [2.45, 2.75) is 13.1 Å². The lowest BCUT2D eigenvalue weighted by Crippen LogP contribution is -2.25. The molecule has 2 aromatic rings. The molecule has 0 bridgehead atoms. The van der Waals surface area contributed by atoms with Gasteiger partial charge >= 0.3 is 0 Å². The molecule has 0 radical (unpaired) electrons. The Hall–Kier alpha value is -1.68. The fourth-order valence-corrected chi connectivity index (χ4v) is 2.75. The van der Waals surface area contributed by atoms with Crippen LogP contribution in [-0.4, -0.2) is 10.8 Å². The molecule has 0 fully saturated rings. The van der Waals surface area contributed by atoms with Crippen molar-refractivity contribution in [3.8, 4) is 0 Å². The molecule has 0 aliphatic carbocycles. The van der Waals surface area contributed by atoms with E-state index < -0.39 is 5.82 Å². The third kappa shape index (κ3) is 2.16. The maximum Gasteiger partial charge on any atom is 0.255 e. The van der Waals surface area contributed by atoms with Gasteiger partial charge in [0, 0.05) is 13.1 Å². The van der Waals surface area contributed by atoms with Crippen LogP contribution in [0.4, 0.5) is 4.39 Å². The molecule has 0 saturated heterocycles. The second-order valence-electron chi connectivity index (χ2n) is 4.53. The zero-order valence-corrected chi connectivity index (χ0v) is 11.7. The maximum atomic E-state index is 13.5. The molecule has 0 aromatic heterocycles. The quantitative estimate of drug-likeness (QED) is 0.784. The number of halogens is 2. The van der Waals surface area contributed by atoms with Crippen molar-refractivity contribution in [2.24, 2.45) is 0 Å². The Kier molecular flexibility index (Phi) is 3.11. The summed E-state index contributed by atoms with van der Waals surface area (Å²) in [4.78, 5) is 14.1. The van der Waals surface area contributed by atoms with Crippen LogP contribution in [0, 0.1) is 5.82 Å². The van der Waals surface area contributed by atoms with Crippen LogP contribution in [0.2, 0.25) is 0 Å². The SMILES string of the molecule is O=C(c1cccc(F)c1Br)N1Cc2ccccc2C1. The monoisotopic (exact) mass is 319 g/mol. The molecule has 2 nitrogen and oxygen atoms in total. The number of amides is 1. The summed E-state index contributed by atoms with van der Waals surface area (Å²) in [6.07, 6.45) is 0. The van der Waals surface area contributed by atoms with Crippen LogP contribution in [0.5, 0.6) is 0 Å². The molecule has 2 aromatic carbocycles. The largest absolute Gasteiger partial charge is 0.330 e. The average molecular weight is 320 g/mol. The summed E-state index contributed by atoms with van der Waals surface area (Å²) in [6, 6.07) is 12.5. The van der Waals surface area contributed by atoms with E-state index in [1.165, 1.54) is 6.07 Å². The van der Waals surface area contributed by atoms with Gasteiger partial charge in [-0.05, 0) is 39.2 Å². The highest BCUT2D eigenvalue weighted by molar-refractivity contribution is 9.10. The van der Waals surface area contributed by atoms with Crippen LogP contribution >= 0.6 is 15.9 Å². The number of nitrogens with zero attached hydrogens (tertiary/aromatic N) is 1. The van der Waals surface area contributed by atoms with E-state index in [-0.39, 0.29) is 10.4 Å². The minimum absolute atomic E-state index is 0.150. The predicted molar refractivity (Wildman–Crippen MR) is 74.1 cm³/mol. The topological polar surface area (TPSA) is 20.3 Å². The van der Waals surface area contributed by atoms with Crippen molar-refractivity contribution in [1.29, 1.82) is 0 Å². The van der Waals surface area contributed by atoms with Crippen molar-refractivity contribution >= 4 is 21.8 Å². The number of hydrogen-bond acceptors (Lipinski definition) is 1. The summed E-state index contributed by atoms with van der Waals surface area (Å²) >= 11 is 3.14. The molecule has 0 unspecified atom stereocenters. The highest BCUT2D eigenvalue weighted by Crippen LogP contribution is 2.27. The van der Waals surface area contributed by atoms with Gasteiger partial charge in [0.1, 0.15) is 5.82 Å². The lowest BCUT2D eigenvalue weighted by Gasteiger charge is -2.16. The van der Waals surface area contributed by atoms with Crippen molar-refractivity contribution in [2.75, 3.05) is 0 Å². The Balaban J connectivity index is 1.89. The molecule has 1 aliphatic heterocycles. The Morgan fingerprint density at radius 1 is 1.05 bits per heavy atom. The van der Waals surface area contributed by atoms with Gasteiger partial charge in [-0.25, -0.2) is 4.39 Å². The first kappa shape index (κ1) is 12.4. The van der Waals surface area contributed by atoms with E-state index in [1.54, 1.807) is 17.0 Å². The molecule has 3 rings (SSSR count). The second kappa shape index (κ2) is 4.78. The number of carbonyl (C=O) groups excluding carboxylic acids is 1. The second-order valence-corrected chi connectivity index (χ2v) is 5.32. The normalized spacial score (nSPS) is 13.5. The molecular formula is C15H11BrFNO. The number of fused-ring (bicyclic) bond motifs is 1. The standard InChI is InChI=1S/C15H11BrFNO/c16-14-12(6-3-7-13(14)17)15(19)18-8-10-4-1-2-5-11(10)9-18/h1-7H,8-9H2. The highest BCUT2D eigenvalue weighted by Gasteiger charge is 2.25. The lowest BCUT2D eigenvalue weighted by molar-refractivity contribution is 0.0750. The molecule has 0 N–H and O–H groups in total. The fourth-order valence-electron chi connectivity index (χ4n) is 2.32. The van der Waals surface area contributed by atoms with E-state index in [4.69, 9.17) is 0 Å². The van der Waals surface area contributed by atoms with Gasteiger partial charge in [-0.15, -0.1) is 0 Å². The highest BCUT2D eigenvalue weighted by atomic mass is 79.9. The van der Waals surface area contributed by atoms with E-state index in [2.05, 4.69) is 15.9 Å². The molecule has 0 atom stereocenters. The van der Waals surface area contributed by atoms with E-state index in [9.17, 15) is 9.18 Å². The van der Waals surface area contributed by atoms with Crippen molar-refractivity contribution in [3.63, 3.8) is 0 Å². The summed E-state index contributed by atoms with van der Waals surface area (Å²) in [5.74, 6) is -0.565. The van der Waals surface area contributed by atoms with E-state index >= 15 is 0 Å². The molecule has 19 heavy (non-hydrogen) atoms. The fraction of sp³-hybridized carbons (Fsp3) is 0.133. The summed E-state index contributed by atoms with van der Waals surface area (Å²) in [6.45, 7) is 1.16. The Morgan fingerprint density at radius 3 is 2.32 bits per heavy atom. The molecule has 4 heteroatoms. The van der Waals surface area contributed by atoms with Crippen LogP contribution in [0.3, 0.4) is 0 Å². The van der Waals surface area contributed by atoms with Gasteiger partial charge in [-0.3, -0.25) is 4.79 Å². The summed E-state index contributed by atoms with van der Waals surface area (Å²) in [5.41, 5.74) is 2.68. The zero-order chi connectivity index (χ0) is 13.4. The van der Waals surface area contributed by atoms with Gasteiger partial charge in [-0.2, -0.15) is 0 Å². The van der Waals surface area contributed by atoms with Gasteiger partial charge in [0.05, 0.1) is 10.0 Å². The maximum absolute atomic E-state index is 13.5. The van der Waals surface area contributed by atoms with Crippen LogP contribution in [0.15, 0.2) is 46.9 Å². The number of rotatable bonds is 1. The molecule has 0 saturated carbocycles. The number of benzene rings is 2. The van der Waals surface area contributed by atoms with Crippen molar-refractivity contribution in [1.82, 2.24) is 4.90 Å². The molecule has 1 heterocycles. The smallest absolute Gasteiger partial charge is 0.255 e. The van der Waals surface area contributed by atoms with Gasteiger partial charge < -0.3 is 4.90 Å². The molecular weight excluding hydrogens is 309 g/mol. The van der Waals surface area contributed by atoms with Crippen molar-refractivity contribution in [3.05, 3.63) is 69.4 Å². The number of hydrogen-bond donors (Lipinski definition) is 0. The van der Waals surface area contributed by atoms with E-state index in [0.29, 0.717) is 18.7 Å². The molecule has 96 valence electrons. The average Bonchev–Trinajstić information content (AvgIpc) is 2.85. The Labute approximate surface area is 119 Å². The first-order chi connectivity index (χ1) is 9.16. The first-order valence-corrected chi connectivity index (χ1v) is 6.76. The minimum Gasteiger partial charge on any atom is -0.330 e. The summed E-state index contributed by atoms with van der Waals surface area (Å²) in [7, 11) is 0. The van der Waals surface area contributed by atoms with Crippen LogP contribution in [0.1, 0.15) is 21.5 Å². The van der Waals surface area contributed by atoms with Gasteiger partial charge in [0.15, 0.2) is 0 Å². The zero-order valence-electron chi connectivity index (χ0n) is 10.1.